The molecule has 0 saturated heterocycles. The molecular weight excluding hydrogens is 491 g/mol. The van der Waals surface area contributed by atoms with Gasteiger partial charge in [0.15, 0.2) is 0 Å². The van der Waals surface area contributed by atoms with E-state index in [-0.39, 0.29) is 10.8 Å². The number of hydrogen-bond acceptors (Lipinski definition) is 0. The van der Waals surface area contributed by atoms with Crippen LogP contribution in [0.1, 0.15) is 49.9 Å². The lowest BCUT2D eigenvalue weighted by molar-refractivity contribution is 0.652. The number of fused-ring (bicyclic) bond motifs is 8. The van der Waals surface area contributed by atoms with Crippen molar-refractivity contribution in [1.82, 2.24) is 0 Å². The van der Waals surface area contributed by atoms with Crippen molar-refractivity contribution in [1.29, 1.82) is 0 Å². The van der Waals surface area contributed by atoms with E-state index in [1.807, 2.05) is 6.07 Å². The second-order valence-corrected chi connectivity index (χ2v) is 12.8. The maximum absolute atomic E-state index is 6.25. The molecule has 0 unspecified atom stereocenters. The minimum atomic E-state index is -0.122. The first-order valence-corrected chi connectivity index (χ1v) is 14.6. The van der Waals surface area contributed by atoms with Gasteiger partial charge in [-0.25, -0.2) is 0 Å². The summed E-state index contributed by atoms with van der Waals surface area (Å²) in [5, 5.41) is 2.63. The standard InChI is InChI=1S/C40H31B/c1-39(2)34-20-27(41)18-19-29(34)32-22-36-33(23-35(32)39)38-30-13-9-8-12-28(30)31(21-37(38)40(36,3)4)26-16-14-25(15-17-26)24-10-6-5-7-11-24/h5-23H,1-4H3. The van der Waals surface area contributed by atoms with Crippen molar-refractivity contribution in [3.8, 4) is 44.5 Å². The van der Waals surface area contributed by atoms with Crippen LogP contribution in [0.15, 0.2) is 115 Å². The highest BCUT2D eigenvalue weighted by Crippen LogP contribution is 2.58. The Morgan fingerprint density at radius 3 is 1.71 bits per heavy atom. The zero-order valence-electron chi connectivity index (χ0n) is 24.0. The SMILES string of the molecule is [B]c1ccc2c(c1)C(C)(C)c1cc3c(cc1-2)C(C)(C)c1cc(-c2ccc(-c4ccccc4)cc2)c2ccccc2c1-3. The highest BCUT2D eigenvalue weighted by molar-refractivity contribution is 6.32. The summed E-state index contributed by atoms with van der Waals surface area (Å²) in [5.74, 6) is 0. The zero-order valence-corrected chi connectivity index (χ0v) is 24.0. The lowest BCUT2D eigenvalue weighted by Gasteiger charge is -2.24. The van der Waals surface area contributed by atoms with Crippen molar-refractivity contribution >= 4 is 24.1 Å². The Morgan fingerprint density at radius 1 is 0.415 bits per heavy atom. The van der Waals surface area contributed by atoms with E-state index in [2.05, 4.69) is 137 Å². The summed E-state index contributed by atoms with van der Waals surface area (Å²) in [5.41, 5.74) is 16.6. The molecule has 2 aliphatic rings. The average molecular weight is 523 g/mol. The minimum absolute atomic E-state index is 0.0990. The number of hydrogen-bond donors (Lipinski definition) is 0. The van der Waals surface area contributed by atoms with Crippen LogP contribution in [0.4, 0.5) is 0 Å². The predicted molar refractivity (Wildman–Crippen MR) is 175 cm³/mol. The van der Waals surface area contributed by atoms with Gasteiger partial charge in [-0.05, 0) is 95.7 Å². The van der Waals surface area contributed by atoms with E-state index in [1.165, 1.54) is 77.5 Å². The first-order chi connectivity index (χ1) is 19.7. The molecule has 0 atom stereocenters. The monoisotopic (exact) mass is 522 g/mol. The molecule has 1 heteroatoms. The van der Waals surface area contributed by atoms with Crippen molar-refractivity contribution < 1.29 is 0 Å². The molecule has 2 radical (unpaired) electrons. The van der Waals surface area contributed by atoms with E-state index in [4.69, 9.17) is 7.85 Å². The largest absolute Gasteiger partial charge is 0.113 e. The molecule has 6 aromatic rings. The summed E-state index contributed by atoms with van der Waals surface area (Å²) >= 11 is 0. The highest BCUT2D eigenvalue weighted by atomic mass is 14.4. The van der Waals surface area contributed by atoms with Gasteiger partial charge in [-0.3, -0.25) is 0 Å². The summed E-state index contributed by atoms with van der Waals surface area (Å²) in [6.45, 7) is 9.46. The smallest absolute Gasteiger partial charge is 0.0963 e. The van der Waals surface area contributed by atoms with Crippen molar-refractivity contribution in [3.63, 3.8) is 0 Å². The maximum Gasteiger partial charge on any atom is 0.113 e. The molecule has 0 spiro atoms. The summed E-state index contributed by atoms with van der Waals surface area (Å²) in [6.07, 6.45) is 0. The molecular formula is C40H31B. The fraction of sp³-hybridized carbons (Fsp3) is 0.150. The lowest BCUT2D eigenvalue weighted by atomic mass is 9.78. The Balaban J connectivity index is 1.35. The van der Waals surface area contributed by atoms with Gasteiger partial charge in [0.2, 0.25) is 0 Å². The maximum atomic E-state index is 6.25. The van der Waals surface area contributed by atoms with Gasteiger partial charge in [-0.2, -0.15) is 0 Å². The Bertz CT molecular complexity index is 2030. The molecule has 2 aliphatic carbocycles. The quantitative estimate of drug-likeness (QED) is 0.199. The molecule has 0 fully saturated rings. The summed E-state index contributed by atoms with van der Waals surface area (Å²) in [6, 6.07) is 42.5. The number of benzene rings is 6. The molecule has 194 valence electrons. The van der Waals surface area contributed by atoms with E-state index in [1.54, 1.807) is 0 Å². The summed E-state index contributed by atoms with van der Waals surface area (Å²) in [7, 11) is 6.25. The molecule has 6 aromatic carbocycles. The van der Waals surface area contributed by atoms with Crippen LogP contribution in [0, 0.1) is 0 Å². The van der Waals surface area contributed by atoms with Gasteiger partial charge in [0, 0.05) is 10.8 Å². The van der Waals surface area contributed by atoms with Gasteiger partial charge in [0.05, 0.1) is 0 Å². The van der Waals surface area contributed by atoms with Gasteiger partial charge in [-0.1, -0.05) is 130 Å². The molecule has 0 N–H and O–H groups in total. The Labute approximate surface area is 244 Å². The van der Waals surface area contributed by atoms with Gasteiger partial charge >= 0.3 is 0 Å². The first-order valence-electron chi connectivity index (χ1n) is 14.6. The van der Waals surface area contributed by atoms with E-state index in [0.717, 1.165) is 5.46 Å². The zero-order chi connectivity index (χ0) is 28.1. The Morgan fingerprint density at radius 2 is 0.951 bits per heavy atom. The van der Waals surface area contributed by atoms with Crippen molar-refractivity contribution in [2.24, 2.45) is 0 Å². The van der Waals surface area contributed by atoms with Crippen LogP contribution < -0.4 is 5.46 Å². The van der Waals surface area contributed by atoms with Crippen LogP contribution in [0.3, 0.4) is 0 Å². The molecule has 41 heavy (non-hydrogen) atoms. The van der Waals surface area contributed by atoms with Gasteiger partial charge in [-0.15, -0.1) is 0 Å². The van der Waals surface area contributed by atoms with Gasteiger partial charge in [0.1, 0.15) is 7.85 Å². The minimum Gasteiger partial charge on any atom is -0.0963 e. The highest BCUT2D eigenvalue weighted by Gasteiger charge is 2.42. The van der Waals surface area contributed by atoms with Crippen molar-refractivity contribution in [2.45, 2.75) is 38.5 Å². The van der Waals surface area contributed by atoms with Crippen LogP contribution in [-0.4, -0.2) is 7.85 Å². The molecule has 0 saturated carbocycles. The third kappa shape index (κ3) is 3.36. The normalized spacial score (nSPS) is 15.3. The third-order valence-electron chi connectivity index (χ3n) is 9.80. The molecule has 0 aliphatic heterocycles. The number of rotatable bonds is 2. The van der Waals surface area contributed by atoms with Crippen molar-refractivity contribution in [3.05, 3.63) is 138 Å². The Kier molecular flexibility index (Phi) is 4.97. The third-order valence-corrected chi connectivity index (χ3v) is 9.80. The summed E-state index contributed by atoms with van der Waals surface area (Å²) < 4.78 is 0. The van der Waals surface area contributed by atoms with Gasteiger partial charge in [0.25, 0.3) is 0 Å². The lowest BCUT2D eigenvalue weighted by Crippen LogP contribution is -2.18. The predicted octanol–water partition coefficient (Wildman–Crippen LogP) is 9.58. The van der Waals surface area contributed by atoms with E-state index in [9.17, 15) is 0 Å². The Hall–Kier alpha value is -4.36. The second-order valence-electron chi connectivity index (χ2n) is 12.8. The van der Waals surface area contributed by atoms with Crippen LogP contribution in [-0.2, 0) is 10.8 Å². The van der Waals surface area contributed by atoms with E-state index in [0.29, 0.717) is 0 Å². The fourth-order valence-corrected chi connectivity index (χ4v) is 7.54. The van der Waals surface area contributed by atoms with E-state index >= 15 is 0 Å². The molecule has 0 nitrogen and oxygen atoms in total. The molecule has 0 aromatic heterocycles. The summed E-state index contributed by atoms with van der Waals surface area (Å²) in [4.78, 5) is 0. The van der Waals surface area contributed by atoms with Crippen LogP contribution in [0.25, 0.3) is 55.3 Å². The first kappa shape index (κ1) is 24.4. The van der Waals surface area contributed by atoms with Crippen molar-refractivity contribution in [2.75, 3.05) is 0 Å². The average Bonchev–Trinajstić information content (AvgIpc) is 3.35. The second kappa shape index (κ2) is 8.34. The molecule has 8 rings (SSSR count). The molecule has 0 bridgehead atoms. The van der Waals surface area contributed by atoms with Crippen LogP contribution in [0.2, 0.25) is 0 Å². The van der Waals surface area contributed by atoms with E-state index < -0.39 is 0 Å². The molecule has 0 amide bonds. The topological polar surface area (TPSA) is 0 Å². The van der Waals surface area contributed by atoms with Crippen LogP contribution in [0.5, 0.6) is 0 Å². The van der Waals surface area contributed by atoms with Crippen LogP contribution >= 0.6 is 0 Å². The van der Waals surface area contributed by atoms with Gasteiger partial charge < -0.3 is 0 Å². The molecule has 0 heterocycles. The fourth-order valence-electron chi connectivity index (χ4n) is 7.54.